The number of piperazine rings is 1. The summed E-state index contributed by atoms with van der Waals surface area (Å²) < 4.78 is 0. The average Bonchev–Trinajstić information content (AvgIpc) is 2.67. The molecule has 0 radical (unpaired) electrons. The van der Waals surface area contributed by atoms with Crippen LogP contribution in [0.1, 0.15) is 39.5 Å². The molecule has 1 N–H and O–H groups in total. The molecule has 0 aromatic heterocycles. The van der Waals surface area contributed by atoms with Crippen LogP contribution in [0.25, 0.3) is 0 Å². The molecule has 2 fully saturated rings. The van der Waals surface area contributed by atoms with Gasteiger partial charge in [-0.05, 0) is 45.7 Å². The molecule has 2 unspecified atom stereocenters. The fraction of sp³-hybridized carbons (Fsp3) is 1.00. The molecule has 0 saturated carbocycles. The van der Waals surface area contributed by atoms with Gasteiger partial charge in [0, 0.05) is 38.3 Å². The van der Waals surface area contributed by atoms with Gasteiger partial charge in [-0.25, -0.2) is 0 Å². The van der Waals surface area contributed by atoms with Crippen LogP contribution in [0.3, 0.4) is 0 Å². The van der Waals surface area contributed by atoms with Crippen molar-refractivity contribution in [3.05, 3.63) is 0 Å². The van der Waals surface area contributed by atoms with Crippen molar-refractivity contribution in [1.29, 1.82) is 0 Å². The second kappa shape index (κ2) is 6.72. The predicted molar refractivity (Wildman–Crippen MR) is 73.4 cm³/mol. The summed E-state index contributed by atoms with van der Waals surface area (Å²) in [7, 11) is 0. The fourth-order valence-electron chi connectivity index (χ4n) is 3.17. The Labute approximate surface area is 107 Å². The van der Waals surface area contributed by atoms with Gasteiger partial charge in [0.25, 0.3) is 0 Å². The Morgan fingerprint density at radius 1 is 1.12 bits per heavy atom. The lowest BCUT2D eigenvalue weighted by Crippen LogP contribution is -2.52. The monoisotopic (exact) mass is 239 g/mol. The minimum Gasteiger partial charge on any atom is -0.317 e. The Balaban J connectivity index is 1.77. The molecule has 0 bridgehead atoms. The first-order valence-corrected chi connectivity index (χ1v) is 7.50. The molecule has 2 heterocycles. The number of rotatable bonds is 3. The Morgan fingerprint density at radius 2 is 1.88 bits per heavy atom. The molecule has 0 aliphatic carbocycles. The van der Waals surface area contributed by atoms with E-state index >= 15 is 0 Å². The van der Waals surface area contributed by atoms with E-state index in [0.717, 1.165) is 12.1 Å². The van der Waals surface area contributed by atoms with Crippen LogP contribution in [0.5, 0.6) is 0 Å². The van der Waals surface area contributed by atoms with Crippen molar-refractivity contribution in [3.63, 3.8) is 0 Å². The molecule has 2 atom stereocenters. The van der Waals surface area contributed by atoms with E-state index in [4.69, 9.17) is 0 Å². The van der Waals surface area contributed by atoms with Crippen molar-refractivity contribution in [2.24, 2.45) is 0 Å². The topological polar surface area (TPSA) is 18.5 Å². The summed E-state index contributed by atoms with van der Waals surface area (Å²) in [6.45, 7) is 12.2. The number of hydrogen-bond donors (Lipinski definition) is 1. The summed E-state index contributed by atoms with van der Waals surface area (Å²) in [6, 6.07) is 1.62. The summed E-state index contributed by atoms with van der Waals surface area (Å²) in [5, 5.41) is 3.52. The summed E-state index contributed by atoms with van der Waals surface area (Å²) in [5.41, 5.74) is 0. The highest BCUT2D eigenvalue weighted by atomic mass is 15.3. The third kappa shape index (κ3) is 3.67. The quantitative estimate of drug-likeness (QED) is 0.806. The molecule has 0 spiro atoms. The van der Waals surface area contributed by atoms with Crippen molar-refractivity contribution in [1.82, 2.24) is 15.1 Å². The maximum Gasteiger partial charge on any atom is 0.0113 e. The standard InChI is InChI=1S/C14H29N3/c1-3-13(2)16-9-11-17(12-10-16)14-5-4-7-15-8-6-14/h13-15H,3-12H2,1-2H3. The highest BCUT2D eigenvalue weighted by Gasteiger charge is 2.25. The molecule has 0 amide bonds. The molecular formula is C14H29N3. The van der Waals surface area contributed by atoms with E-state index in [-0.39, 0.29) is 0 Å². The predicted octanol–water partition coefficient (Wildman–Crippen LogP) is 1.54. The smallest absolute Gasteiger partial charge is 0.0113 e. The van der Waals surface area contributed by atoms with E-state index in [9.17, 15) is 0 Å². The zero-order valence-electron chi connectivity index (χ0n) is 11.6. The van der Waals surface area contributed by atoms with Gasteiger partial charge in [-0.2, -0.15) is 0 Å². The van der Waals surface area contributed by atoms with Gasteiger partial charge in [0.1, 0.15) is 0 Å². The molecule has 2 rings (SSSR count). The van der Waals surface area contributed by atoms with Gasteiger partial charge in [0.15, 0.2) is 0 Å². The van der Waals surface area contributed by atoms with Gasteiger partial charge in [0.2, 0.25) is 0 Å². The van der Waals surface area contributed by atoms with Crippen LogP contribution in [0.4, 0.5) is 0 Å². The van der Waals surface area contributed by atoms with Crippen molar-refractivity contribution in [2.75, 3.05) is 39.3 Å². The normalized spacial score (nSPS) is 31.1. The van der Waals surface area contributed by atoms with Gasteiger partial charge in [0.05, 0.1) is 0 Å². The largest absolute Gasteiger partial charge is 0.317 e. The Kier molecular flexibility index (Phi) is 5.26. The lowest BCUT2D eigenvalue weighted by molar-refractivity contribution is 0.0683. The molecule has 2 saturated heterocycles. The van der Waals surface area contributed by atoms with Crippen molar-refractivity contribution in [2.45, 2.75) is 51.6 Å². The van der Waals surface area contributed by atoms with Gasteiger partial charge in [-0.1, -0.05) is 6.92 Å². The third-order valence-electron chi connectivity index (χ3n) is 4.62. The second-order valence-electron chi connectivity index (χ2n) is 5.66. The Hall–Kier alpha value is -0.120. The van der Waals surface area contributed by atoms with Crippen LogP contribution in [0.2, 0.25) is 0 Å². The third-order valence-corrected chi connectivity index (χ3v) is 4.62. The maximum atomic E-state index is 3.52. The van der Waals surface area contributed by atoms with Crippen molar-refractivity contribution < 1.29 is 0 Å². The number of hydrogen-bond acceptors (Lipinski definition) is 3. The summed E-state index contributed by atoms with van der Waals surface area (Å²) >= 11 is 0. The molecule has 0 aromatic carbocycles. The molecule has 3 nitrogen and oxygen atoms in total. The molecule has 17 heavy (non-hydrogen) atoms. The van der Waals surface area contributed by atoms with Gasteiger partial charge in [-0.15, -0.1) is 0 Å². The van der Waals surface area contributed by atoms with Crippen LogP contribution in [0, 0.1) is 0 Å². The van der Waals surface area contributed by atoms with E-state index in [2.05, 4.69) is 29.0 Å². The lowest BCUT2D eigenvalue weighted by atomic mass is 10.1. The summed E-state index contributed by atoms with van der Waals surface area (Å²) in [6.07, 6.45) is 5.39. The second-order valence-corrected chi connectivity index (χ2v) is 5.66. The first-order valence-electron chi connectivity index (χ1n) is 7.50. The van der Waals surface area contributed by atoms with E-state index in [1.165, 1.54) is 65.0 Å². The molecule has 2 aliphatic rings. The summed E-state index contributed by atoms with van der Waals surface area (Å²) in [5.74, 6) is 0. The minimum absolute atomic E-state index is 0.771. The molecular weight excluding hydrogens is 210 g/mol. The zero-order chi connectivity index (χ0) is 12.1. The highest BCUT2D eigenvalue weighted by molar-refractivity contribution is 4.82. The SMILES string of the molecule is CCC(C)N1CCN(C2CCCNCC2)CC1. The van der Waals surface area contributed by atoms with Gasteiger partial charge >= 0.3 is 0 Å². The minimum atomic E-state index is 0.771. The average molecular weight is 239 g/mol. The van der Waals surface area contributed by atoms with Crippen molar-refractivity contribution in [3.8, 4) is 0 Å². The molecule has 0 aromatic rings. The van der Waals surface area contributed by atoms with Crippen LogP contribution in [-0.2, 0) is 0 Å². The van der Waals surface area contributed by atoms with Crippen LogP contribution < -0.4 is 5.32 Å². The lowest BCUT2D eigenvalue weighted by Gasteiger charge is -2.41. The molecule has 3 heteroatoms. The van der Waals surface area contributed by atoms with Crippen LogP contribution in [-0.4, -0.2) is 61.2 Å². The summed E-state index contributed by atoms with van der Waals surface area (Å²) in [4.78, 5) is 5.40. The number of nitrogens with zero attached hydrogens (tertiary/aromatic N) is 2. The first kappa shape index (κ1) is 13.3. The zero-order valence-corrected chi connectivity index (χ0v) is 11.6. The Morgan fingerprint density at radius 3 is 2.59 bits per heavy atom. The van der Waals surface area contributed by atoms with E-state index in [1.807, 2.05) is 0 Å². The Bertz CT molecular complexity index is 204. The van der Waals surface area contributed by atoms with Gasteiger partial charge < -0.3 is 5.32 Å². The van der Waals surface area contributed by atoms with Crippen LogP contribution >= 0.6 is 0 Å². The van der Waals surface area contributed by atoms with E-state index in [0.29, 0.717) is 0 Å². The molecule has 100 valence electrons. The molecule has 2 aliphatic heterocycles. The first-order chi connectivity index (χ1) is 8.31. The van der Waals surface area contributed by atoms with E-state index in [1.54, 1.807) is 0 Å². The van der Waals surface area contributed by atoms with E-state index < -0.39 is 0 Å². The van der Waals surface area contributed by atoms with Crippen molar-refractivity contribution >= 4 is 0 Å². The van der Waals surface area contributed by atoms with Gasteiger partial charge in [-0.3, -0.25) is 9.80 Å². The number of nitrogens with one attached hydrogen (secondary N) is 1. The van der Waals surface area contributed by atoms with Crippen LogP contribution in [0.15, 0.2) is 0 Å². The maximum absolute atomic E-state index is 3.52. The fourth-order valence-corrected chi connectivity index (χ4v) is 3.17. The highest BCUT2D eigenvalue weighted by Crippen LogP contribution is 2.17.